The number of hydrogen-bond acceptors (Lipinski definition) is 8. The van der Waals surface area contributed by atoms with Crippen molar-refractivity contribution in [2.45, 2.75) is 110 Å². The monoisotopic (exact) mass is 646 g/mol. The summed E-state index contributed by atoms with van der Waals surface area (Å²) < 4.78 is 22.3. The maximum atomic E-state index is 13.6. The SMILES string of the molecule is CC(C)[C@H]1COC/C=C/COc2ccc(cc2)C[C@@H](NC(=O)N[C@@H](CCCCNC(=O)OC(C)(C)C)C(=O)OC(C)(C)C)C(=O)N1. The fourth-order valence-electron chi connectivity index (χ4n) is 4.35. The van der Waals surface area contributed by atoms with Gasteiger partial charge in [0.25, 0.3) is 0 Å². The van der Waals surface area contributed by atoms with Crippen LogP contribution in [0.15, 0.2) is 36.4 Å². The van der Waals surface area contributed by atoms with Crippen LogP contribution in [0.2, 0.25) is 0 Å². The number of hydrogen-bond donors (Lipinski definition) is 4. The lowest BCUT2D eigenvalue weighted by Crippen LogP contribution is -2.56. The minimum Gasteiger partial charge on any atom is -0.490 e. The zero-order valence-corrected chi connectivity index (χ0v) is 28.7. The largest absolute Gasteiger partial charge is 0.490 e. The number of esters is 1. The number of rotatable bonds is 9. The summed E-state index contributed by atoms with van der Waals surface area (Å²) >= 11 is 0. The second kappa shape index (κ2) is 18.4. The number of benzene rings is 1. The molecule has 0 unspecified atom stereocenters. The Balaban J connectivity index is 2.15. The number of amides is 4. The molecule has 2 heterocycles. The third-order valence-corrected chi connectivity index (χ3v) is 6.73. The Hall–Kier alpha value is -3.80. The van der Waals surface area contributed by atoms with E-state index in [0.29, 0.717) is 45.0 Å². The number of ether oxygens (including phenoxy) is 4. The highest BCUT2D eigenvalue weighted by Crippen LogP contribution is 2.16. The van der Waals surface area contributed by atoms with Crippen LogP contribution in [-0.2, 0) is 30.2 Å². The highest BCUT2D eigenvalue weighted by atomic mass is 16.6. The van der Waals surface area contributed by atoms with Gasteiger partial charge in [-0.15, -0.1) is 0 Å². The molecule has 4 N–H and O–H groups in total. The summed E-state index contributed by atoms with van der Waals surface area (Å²) in [5.74, 6) is -0.214. The molecule has 0 aromatic heterocycles. The first-order valence-electron chi connectivity index (χ1n) is 16.0. The van der Waals surface area contributed by atoms with Crippen molar-refractivity contribution in [1.82, 2.24) is 21.3 Å². The third-order valence-electron chi connectivity index (χ3n) is 6.73. The van der Waals surface area contributed by atoms with Crippen LogP contribution in [0.4, 0.5) is 9.59 Å². The predicted octanol–water partition coefficient (Wildman–Crippen LogP) is 4.41. The first-order valence-corrected chi connectivity index (χ1v) is 16.0. The first kappa shape index (κ1) is 38.4. The molecule has 0 fully saturated rings. The van der Waals surface area contributed by atoms with Gasteiger partial charge in [0.2, 0.25) is 5.91 Å². The molecular weight excluding hydrogens is 592 g/mol. The van der Waals surface area contributed by atoms with E-state index in [-0.39, 0.29) is 30.7 Å². The molecule has 12 nitrogen and oxygen atoms in total. The van der Waals surface area contributed by atoms with E-state index >= 15 is 0 Å². The second-order valence-electron chi connectivity index (χ2n) is 13.7. The summed E-state index contributed by atoms with van der Waals surface area (Å²) in [6.07, 6.45) is 4.74. The van der Waals surface area contributed by atoms with Crippen LogP contribution in [0.25, 0.3) is 0 Å². The molecule has 0 saturated carbocycles. The summed E-state index contributed by atoms with van der Waals surface area (Å²) in [4.78, 5) is 51.9. The fourth-order valence-corrected chi connectivity index (χ4v) is 4.35. The lowest BCUT2D eigenvalue weighted by Gasteiger charge is -2.27. The van der Waals surface area contributed by atoms with E-state index in [9.17, 15) is 19.2 Å². The fraction of sp³-hybridized carbons (Fsp3) is 0.647. The zero-order chi connectivity index (χ0) is 34.3. The number of unbranched alkanes of at least 4 members (excludes halogenated alkanes) is 1. The van der Waals surface area contributed by atoms with Gasteiger partial charge in [0.15, 0.2) is 0 Å². The molecule has 12 heteroatoms. The van der Waals surface area contributed by atoms with E-state index in [2.05, 4.69) is 21.3 Å². The molecule has 2 aliphatic rings. The molecule has 2 bridgehead atoms. The highest BCUT2D eigenvalue weighted by molar-refractivity contribution is 5.89. The average molecular weight is 647 g/mol. The molecule has 3 rings (SSSR count). The second-order valence-corrected chi connectivity index (χ2v) is 13.7. The predicted molar refractivity (Wildman–Crippen MR) is 176 cm³/mol. The molecule has 1 aromatic carbocycles. The van der Waals surface area contributed by atoms with Crippen molar-refractivity contribution < 1.29 is 38.1 Å². The molecule has 0 saturated heterocycles. The molecule has 1 aromatic rings. The van der Waals surface area contributed by atoms with Crippen LogP contribution in [0.3, 0.4) is 0 Å². The van der Waals surface area contributed by atoms with Crippen molar-refractivity contribution in [1.29, 1.82) is 0 Å². The summed E-state index contributed by atoms with van der Waals surface area (Å²) in [7, 11) is 0. The van der Waals surface area contributed by atoms with Crippen molar-refractivity contribution in [2.24, 2.45) is 5.92 Å². The number of nitrogens with one attached hydrogen (secondary N) is 4. The van der Waals surface area contributed by atoms with Crippen LogP contribution in [0.5, 0.6) is 5.75 Å². The summed E-state index contributed by atoms with van der Waals surface area (Å²) in [6.45, 7) is 16.0. The van der Waals surface area contributed by atoms with Gasteiger partial charge in [0.05, 0.1) is 19.3 Å². The summed E-state index contributed by atoms with van der Waals surface area (Å²) in [5.41, 5.74) is -0.563. The Bertz CT molecular complexity index is 1160. The Labute approximate surface area is 273 Å². The normalized spacial score (nSPS) is 19.3. The molecule has 46 heavy (non-hydrogen) atoms. The van der Waals surface area contributed by atoms with Gasteiger partial charge in [0.1, 0.15) is 35.6 Å². The van der Waals surface area contributed by atoms with Crippen LogP contribution < -0.4 is 26.0 Å². The number of alkyl carbamates (subject to hydrolysis) is 1. The molecule has 0 spiro atoms. The quantitative estimate of drug-likeness (QED) is 0.175. The van der Waals surface area contributed by atoms with Crippen molar-refractivity contribution in [2.75, 3.05) is 26.4 Å². The van der Waals surface area contributed by atoms with Crippen LogP contribution in [-0.4, -0.2) is 79.7 Å². The average Bonchev–Trinajstić information content (AvgIpc) is 2.93. The summed E-state index contributed by atoms with van der Waals surface area (Å²) in [6, 6.07) is 4.44. The van der Waals surface area contributed by atoms with Gasteiger partial charge in [-0.05, 0) is 90.5 Å². The Morgan fingerprint density at radius 2 is 1.61 bits per heavy atom. The van der Waals surface area contributed by atoms with E-state index in [0.717, 1.165) is 5.56 Å². The van der Waals surface area contributed by atoms with Crippen LogP contribution >= 0.6 is 0 Å². The van der Waals surface area contributed by atoms with Crippen molar-refractivity contribution >= 4 is 24.0 Å². The number of carbonyl (C=O) groups excluding carboxylic acids is 4. The third kappa shape index (κ3) is 16.0. The lowest BCUT2D eigenvalue weighted by atomic mass is 10.0. The van der Waals surface area contributed by atoms with E-state index in [1.54, 1.807) is 41.5 Å². The maximum absolute atomic E-state index is 13.6. The van der Waals surface area contributed by atoms with E-state index < -0.39 is 41.4 Å². The number of fused-ring (bicyclic) bond motifs is 12. The van der Waals surface area contributed by atoms with E-state index in [1.165, 1.54) is 0 Å². The number of urea groups is 1. The highest BCUT2D eigenvalue weighted by Gasteiger charge is 2.30. The smallest absolute Gasteiger partial charge is 0.407 e. The van der Waals surface area contributed by atoms with Crippen LogP contribution in [0, 0.1) is 5.92 Å². The molecular formula is C34H54N4O8. The van der Waals surface area contributed by atoms with Crippen molar-refractivity contribution in [3.8, 4) is 5.75 Å². The van der Waals surface area contributed by atoms with Gasteiger partial charge in [-0.3, -0.25) is 4.79 Å². The lowest BCUT2D eigenvalue weighted by molar-refractivity contribution is -0.157. The Morgan fingerprint density at radius 3 is 2.24 bits per heavy atom. The van der Waals surface area contributed by atoms with Crippen molar-refractivity contribution in [3.05, 3.63) is 42.0 Å². The van der Waals surface area contributed by atoms with E-state index in [1.807, 2.05) is 50.3 Å². The van der Waals surface area contributed by atoms with Crippen molar-refractivity contribution in [3.63, 3.8) is 0 Å². The van der Waals surface area contributed by atoms with Gasteiger partial charge in [-0.2, -0.15) is 0 Å². The Morgan fingerprint density at radius 1 is 0.957 bits per heavy atom. The van der Waals surface area contributed by atoms with Gasteiger partial charge in [-0.1, -0.05) is 32.1 Å². The first-order chi connectivity index (χ1) is 21.5. The standard InChI is InChI=1S/C34H54N4O8/c1-23(2)28-22-43-19-11-12-20-44-25-16-14-24(15-17-25)21-27(29(39)36-28)38-31(41)37-26(30(40)45-33(3,4)5)13-9-10-18-35-32(42)46-34(6,7)8/h11-12,14-17,23,26-28H,9-10,13,18-22H2,1-8H3,(H,35,42)(H,36,39)(H2,37,38,41)/b12-11+/t26-,27+,28+/m0/s1. The molecule has 4 amide bonds. The molecule has 3 atom stereocenters. The van der Waals surface area contributed by atoms with Gasteiger partial charge < -0.3 is 40.2 Å². The maximum Gasteiger partial charge on any atom is 0.407 e. The summed E-state index contributed by atoms with van der Waals surface area (Å²) in [5, 5.41) is 11.2. The molecule has 258 valence electrons. The molecule has 2 aliphatic heterocycles. The van der Waals surface area contributed by atoms with Crippen LogP contribution in [0.1, 0.15) is 80.2 Å². The number of carbonyl (C=O) groups is 4. The minimum absolute atomic E-state index is 0.0743. The molecule has 0 aliphatic carbocycles. The molecule has 0 radical (unpaired) electrons. The van der Waals surface area contributed by atoms with Gasteiger partial charge in [0, 0.05) is 13.0 Å². The van der Waals surface area contributed by atoms with E-state index in [4.69, 9.17) is 18.9 Å². The van der Waals surface area contributed by atoms with Gasteiger partial charge in [-0.25, -0.2) is 14.4 Å². The Kier molecular flexibility index (Phi) is 15.3. The van der Waals surface area contributed by atoms with Gasteiger partial charge >= 0.3 is 18.1 Å². The minimum atomic E-state index is -0.976. The topological polar surface area (TPSA) is 153 Å². The zero-order valence-electron chi connectivity index (χ0n) is 28.7.